The summed E-state index contributed by atoms with van der Waals surface area (Å²) in [5.41, 5.74) is 6.38. The molecule has 0 fully saturated rings. The van der Waals surface area contributed by atoms with Crippen LogP contribution in [-0.2, 0) is 27.2 Å². The Labute approximate surface area is 261 Å². The van der Waals surface area contributed by atoms with E-state index >= 15 is 0 Å². The molecule has 0 N–H and O–H groups in total. The fourth-order valence-corrected chi connectivity index (χ4v) is 6.64. The van der Waals surface area contributed by atoms with Crippen molar-refractivity contribution in [3.05, 3.63) is 58.7 Å². The lowest BCUT2D eigenvalue weighted by Gasteiger charge is -2.32. The van der Waals surface area contributed by atoms with Gasteiger partial charge in [0.15, 0.2) is 5.78 Å². The van der Waals surface area contributed by atoms with Crippen molar-refractivity contribution in [3.8, 4) is 11.1 Å². The normalized spacial score (nSPS) is 15.6. The molecule has 0 bridgehead atoms. The van der Waals surface area contributed by atoms with Crippen LogP contribution < -0.4 is 0 Å². The molecule has 3 unspecified atom stereocenters. The van der Waals surface area contributed by atoms with Gasteiger partial charge in [-0.3, -0.25) is 19.2 Å². The molecule has 43 heavy (non-hydrogen) atoms. The molecule has 0 saturated heterocycles. The van der Waals surface area contributed by atoms with E-state index < -0.39 is 0 Å². The average Bonchev–Trinajstić information content (AvgIpc) is 2.96. The van der Waals surface area contributed by atoms with Crippen LogP contribution in [0.2, 0.25) is 0 Å². The molecular weight excluding hydrogens is 532 g/mol. The van der Waals surface area contributed by atoms with Gasteiger partial charge in [0.05, 0.1) is 6.42 Å². The first kappa shape index (κ1) is 36.3. The summed E-state index contributed by atoms with van der Waals surface area (Å²) in [6.45, 7) is 14.0. The molecule has 0 heterocycles. The summed E-state index contributed by atoms with van der Waals surface area (Å²) in [6.07, 6.45) is 10.1. The van der Waals surface area contributed by atoms with Crippen LogP contribution in [0.1, 0.15) is 139 Å². The van der Waals surface area contributed by atoms with Crippen molar-refractivity contribution < 1.29 is 19.2 Å². The van der Waals surface area contributed by atoms with Gasteiger partial charge in [-0.2, -0.15) is 0 Å². The van der Waals surface area contributed by atoms with Gasteiger partial charge in [0.2, 0.25) is 0 Å². The maximum Gasteiger partial charge on any atom is 0.163 e. The van der Waals surface area contributed by atoms with E-state index in [1.165, 1.54) is 13.3 Å². The number of fused-ring (bicyclic) bond motifs is 1. The standard InChI is InChI=1S/C36H48O4.C3H8/c1-6-9-11-30(38)18-15-26-13-16-28(17-14-26)32-19-12-24(4)36-33(32)22-27(23-35(36)40)21-29(10-7-2)31(8-3)34(39)20-25(5)37;1-3-2/h12-14,16-17,19,27,29,31H,6-11,15,18,20-23H2,1-5H3;3H2,1-2H3. The highest BCUT2D eigenvalue weighted by atomic mass is 16.1. The molecule has 0 aliphatic heterocycles. The second-order valence-corrected chi connectivity index (χ2v) is 12.7. The first-order valence-electron chi connectivity index (χ1n) is 16.9. The molecule has 3 atom stereocenters. The second kappa shape index (κ2) is 18.7. The molecule has 0 amide bonds. The minimum atomic E-state index is -0.126. The van der Waals surface area contributed by atoms with Crippen LogP contribution in [0.15, 0.2) is 36.4 Å². The number of hydrogen-bond donors (Lipinski definition) is 0. The summed E-state index contributed by atoms with van der Waals surface area (Å²) >= 11 is 0. The number of rotatable bonds is 16. The Morgan fingerprint density at radius 3 is 2.14 bits per heavy atom. The Bertz CT molecular complexity index is 1210. The number of hydrogen-bond acceptors (Lipinski definition) is 4. The maximum absolute atomic E-state index is 13.5. The van der Waals surface area contributed by atoms with Crippen LogP contribution >= 0.6 is 0 Å². The third-order valence-corrected chi connectivity index (χ3v) is 8.67. The number of Topliss-reactive ketones (excluding diaryl/α,β-unsaturated/α-hetero) is 4. The van der Waals surface area contributed by atoms with Crippen molar-refractivity contribution in [2.75, 3.05) is 0 Å². The molecule has 0 spiro atoms. The van der Waals surface area contributed by atoms with Crippen molar-refractivity contribution in [3.63, 3.8) is 0 Å². The van der Waals surface area contributed by atoms with Gasteiger partial charge in [0.25, 0.3) is 0 Å². The van der Waals surface area contributed by atoms with Gasteiger partial charge in [-0.25, -0.2) is 0 Å². The van der Waals surface area contributed by atoms with Gasteiger partial charge in [0, 0.05) is 30.7 Å². The lowest BCUT2D eigenvalue weighted by Crippen LogP contribution is -2.30. The molecule has 2 aromatic rings. The SMILES string of the molecule is CCC.CCCCC(=O)CCc1ccc(-c2ccc(C)c3c2CC(CC(CCC)C(CC)C(=O)CC(C)=O)CC3=O)cc1. The van der Waals surface area contributed by atoms with Gasteiger partial charge in [-0.1, -0.05) is 96.7 Å². The Hall–Kier alpha value is -2.88. The maximum atomic E-state index is 13.5. The quantitative estimate of drug-likeness (QED) is 0.183. The zero-order valence-corrected chi connectivity index (χ0v) is 28.0. The summed E-state index contributed by atoms with van der Waals surface area (Å²) in [5, 5.41) is 0. The molecule has 0 radical (unpaired) electrons. The first-order chi connectivity index (χ1) is 20.6. The third kappa shape index (κ3) is 11.0. The highest BCUT2D eigenvalue weighted by Crippen LogP contribution is 2.40. The van der Waals surface area contributed by atoms with E-state index in [1.54, 1.807) is 0 Å². The first-order valence-corrected chi connectivity index (χ1v) is 16.9. The minimum absolute atomic E-state index is 0.0113. The summed E-state index contributed by atoms with van der Waals surface area (Å²) in [4.78, 5) is 50.2. The Kier molecular flexibility index (Phi) is 15.8. The van der Waals surface area contributed by atoms with Gasteiger partial charge in [-0.15, -0.1) is 0 Å². The van der Waals surface area contributed by atoms with Crippen molar-refractivity contribution in [1.82, 2.24) is 0 Å². The van der Waals surface area contributed by atoms with E-state index in [1.807, 2.05) is 13.8 Å². The second-order valence-electron chi connectivity index (χ2n) is 12.7. The third-order valence-electron chi connectivity index (χ3n) is 8.67. The van der Waals surface area contributed by atoms with E-state index in [2.05, 4.69) is 64.1 Å². The van der Waals surface area contributed by atoms with Crippen LogP contribution in [0, 0.1) is 24.7 Å². The predicted octanol–water partition coefficient (Wildman–Crippen LogP) is 9.90. The number of carbonyl (C=O) groups excluding carboxylic acids is 4. The topological polar surface area (TPSA) is 68.3 Å². The summed E-state index contributed by atoms with van der Waals surface area (Å²) < 4.78 is 0. The van der Waals surface area contributed by atoms with E-state index in [0.29, 0.717) is 25.0 Å². The van der Waals surface area contributed by atoms with E-state index in [0.717, 1.165) is 84.7 Å². The molecule has 0 aromatic heterocycles. The molecule has 3 rings (SSSR count). The van der Waals surface area contributed by atoms with Gasteiger partial charge in [0.1, 0.15) is 17.3 Å². The molecule has 4 nitrogen and oxygen atoms in total. The highest BCUT2D eigenvalue weighted by Gasteiger charge is 2.34. The number of aryl methyl sites for hydroxylation is 2. The summed E-state index contributed by atoms with van der Waals surface area (Å²) in [5.74, 6) is 0.760. The molecule has 1 aliphatic carbocycles. The van der Waals surface area contributed by atoms with Gasteiger partial charge < -0.3 is 0 Å². The van der Waals surface area contributed by atoms with Crippen LogP contribution in [0.5, 0.6) is 0 Å². The smallest absolute Gasteiger partial charge is 0.163 e. The predicted molar refractivity (Wildman–Crippen MR) is 179 cm³/mol. The Balaban J connectivity index is 0.00000206. The minimum Gasteiger partial charge on any atom is -0.300 e. The lowest BCUT2D eigenvalue weighted by molar-refractivity contribution is -0.130. The Morgan fingerprint density at radius 2 is 1.56 bits per heavy atom. The number of ketones is 4. The van der Waals surface area contributed by atoms with Crippen molar-refractivity contribution in [1.29, 1.82) is 0 Å². The van der Waals surface area contributed by atoms with Crippen LogP contribution in [0.25, 0.3) is 11.1 Å². The van der Waals surface area contributed by atoms with Crippen LogP contribution in [0.3, 0.4) is 0 Å². The van der Waals surface area contributed by atoms with Gasteiger partial charge >= 0.3 is 0 Å². The van der Waals surface area contributed by atoms with E-state index in [-0.39, 0.29) is 41.5 Å². The molecule has 2 aromatic carbocycles. The fraction of sp³-hybridized carbons (Fsp3) is 0.590. The molecule has 4 heteroatoms. The Morgan fingerprint density at radius 1 is 0.884 bits per heavy atom. The van der Waals surface area contributed by atoms with Crippen molar-refractivity contribution >= 4 is 23.1 Å². The summed E-state index contributed by atoms with van der Waals surface area (Å²) in [6, 6.07) is 12.7. The van der Waals surface area contributed by atoms with Gasteiger partial charge in [-0.05, 0) is 85.6 Å². The van der Waals surface area contributed by atoms with E-state index in [9.17, 15) is 19.2 Å². The van der Waals surface area contributed by atoms with E-state index in [4.69, 9.17) is 0 Å². The summed E-state index contributed by atoms with van der Waals surface area (Å²) in [7, 11) is 0. The molecule has 0 saturated carbocycles. The molecular formula is C39H56O4. The zero-order valence-electron chi connectivity index (χ0n) is 28.0. The van der Waals surface area contributed by atoms with Crippen molar-refractivity contribution in [2.45, 2.75) is 132 Å². The van der Waals surface area contributed by atoms with Crippen LogP contribution in [0.4, 0.5) is 0 Å². The largest absolute Gasteiger partial charge is 0.300 e. The zero-order chi connectivity index (χ0) is 31.9. The van der Waals surface area contributed by atoms with Crippen molar-refractivity contribution in [2.24, 2.45) is 17.8 Å². The fourth-order valence-electron chi connectivity index (χ4n) is 6.64. The number of unbranched alkanes of at least 4 members (excludes halogenated alkanes) is 1. The monoisotopic (exact) mass is 588 g/mol. The lowest BCUT2D eigenvalue weighted by atomic mass is 9.71. The number of carbonyl (C=O) groups is 4. The highest BCUT2D eigenvalue weighted by molar-refractivity contribution is 6.02. The molecule has 1 aliphatic rings. The van der Waals surface area contributed by atoms with Crippen LogP contribution in [-0.4, -0.2) is 23.1 Å². The number of benzene rings is 2. The molecule has 236 valence electrons. The average molecular weight is 589 g/mol.